The van der Waals surface area contributed by atoms with Gasteiger partial charge in [0.1, 0.15) is 0 Å². The third-order valence-corrected chi connectivity index (χ3v) is 3.75. The fourth-order valence-electron chi connectivity index (χ4n) is 1.62. The van der Waals surface area contributed by atoms with Crippen molar-refractivity contribution in [2.75, 3.05) is 6.54 Å². The van der Waals surface area contributed by atoms with E-state index in [9.17, 15) is 0 Å². The van der Waals surface area contributed by atoms with Crippen LogP contribution in [-0.4, -0.2) is 6.54 Å². The predicted molar refractivity (Wildman–Crippen MR) is 81.3 cm³/mol. The lowest BCUT2D eigenvalue weighted by atomic mass is 10.0. The molecule has 0 radical (unpaired) electrons. The first-order chi connectivity index (χ1) is 7.69. The summed E-state index contributed by atoms with van der Waals surface area (Å²) >= 11 is 5.93. The Balaban J connectivity index is 2.91. The highest BCUT2D eigenvalue weighted by atomic mass is 127. The van der Waals surface area contributed by atoms with Crippen molar-refractivity contribution in [2.24, 2.45) is 0 Å². The normalized spacial score (nSPS) is 12.1. The molecule has 16 heavy (non-hydrogen) atoms. The van der Waals surface area contributed by atoms with Crippen LogP contribution in [-0.2, 0) is 0 Å². The molecule has 0 bridgehead atoms. The van der Waals surface area contributed by atoms with Crippen molar-refractivity contribution in [2.45, 2.75) is 25.8 Å². The minimum atomic E-state index is 0.338. The first kappa shape index (κ1) is 14.0. The fraction of sp³-hybridized carbons (Fsp3) is 0.385. The molecule has 0 heterocycles. The van der Waals surface area contributed by atoms with Gasteiger partial charge in [0.25, 0.3) is 0 Å². The van der Waals surface area contributed by atoms with Gasteiger partial charge in [-0.1, -0.05) is 22.9 Å². The van der Waals surface area contributed by atoms with Gasteiger partial charge in [-0.3, -0.25) is 0 Å². The SMILES string of the molecule is C#CCCC(NCC)c1cc(I)ccc1Br. The van der Waals surface area contributed by atoms with Gasteiger partial charge in [0.15, 0.2) is 0 Å². The average molecular weight is 392 g/mol. The molecule has 0 saturated heterocycles. The first-order valence-corrected chi connectivity index (χ1v) is 7.18. The molecule has 0 aliphatic carbocycles. The molecule has 0 aliphatic rings. The van der Waals surface area contributed by atoms with Gasteiger partial charge in [0.05, 0.1) is 0 Å². The van der Waals surface area contributed by atoms with Crippen molar-refractivity contribution in [3.63, 3.8) is 0 Å². The van der Waals surface area contributed by atoms with E-state index in [0.29, 0.717) is 6.04 Å². The highest BCUT2D eigenvalue weighted by molar-refractivity contribution is 14.1. The first-order valence-electron chi connectivity index (χ1n) is 5.30. The Labute approximate surface area is 120 Å². The van der Waals surface area contributed by atoms with Crippen molar-refractivity contribution < 1.29 is 0 Å². The molecule has 0 aliphatic heterocycles. The van der Waals surface area contributed by atoms with E-state index in [1.807, 2.05) is 0 Å². The molecule has 1 aromatic carbocycles. The number of halogens is 2. The van der Waals surface area contributed by atoms with Gasteiger partial charge in [-0.25, -0.2) is 0 Å². The van der Waals surface area contributed by atoms with Crippen molar-refractivity contribution >= 4 is 38.5 Å². The number of hydrogen-bond donors (Lipinski definition) is 1. The van der Waals surface area contributed by atoms with Crippen molar-refractivity contribution in [1.82, 2.24) is 5.32 Å². The molecule has 1 unspecified atom stereocenters. The fourth-order valence-corrected chi connectivity index (χ4v) is 2.66. The second kappa shape index (κ2) is 7.31. The molecule has 86 valence electrons. The van der Waals surface area contributed by atoms with E-state index in [1.165, 1.54) is 9.13 Å². The van der Waals surface area contributed by atoms with Gasteiger partial charge in [-0.2, -0.15) is 0 Å². The average Bonchev–Trinajstić information content (AvgIpc) is 2.28. The van der Waals surface area contributed by atoms with E-state index in [1.54, 1.807) is 0 Å². The third-order valence-electron chi connectivity index (χ3n) is 2.36. The quantitative estimate of drug-likeness (QED) is 0.588. The highest BCUT2D eigenvalue weighted by Gasteiger charge is 2.13. The van der Waals surface area contributed by atoms with Crippen molar-refractivity contribution in [3.8, 4) is 12.3 Å². The van der Waals surface area contributed by atoms with Gasteiger partial charge >= 0.3 is 0 Å². The number of hydrogen-bond acceptors (Lipinski definition) is 1. The molecular formula is C13H15BrIN. The largest absolute Gasteiger partial charge is 0.310 e. The summed E-state index contributed by atoms with van der Waals surface area (Å²) in [5.41, 5.74) is 1.30. The molecule has 1 rings (SSSR count). The Bertz CT molecular complexity index is 384. The predicted octanol–water partition coefficient (Wildman–Crippen LogP) is 4.12. The summed E-state index contributed by atoms with van der Waals surface area (Å²) in [4.78, 5) is 0. The third kappa shape index (κ3) is 4.08. The summed E-state index contributed by atoms with van der Waals surface area (Å²) in [5, 5.41) is 3.47. The van der Waals surface area contributed by atoms with Gasteiger partial charge in [-0.15, -0.1) is 12.3 Å². The lowest BCUT2D eigenvalue weighted by Gasteiger charge is -2.19. The minimum absolute atomic E-state index is 0.338. The van der Waals surface area contributed by atoms with Crippen LogP contribution in [0.3, 0.4) is 0 Å². The van der Waals surface area contributed by atoms with Crippen LogP contribution in [0.1, 0.15) is 31.4 Å². The topological polar surface area (TPSA) is 12.0 Å². The Morgan fingerprint density at radius 3 is 2.94 bits per heavy atom. The summed E-state index contributed by atoms with van der Waals surface area (Å²) in [6.45, 7) is 3.07. The van der Waals surface area contributed by atoms with Crippen LogP contribution < -0.4 is 5.32 Å². The summed E-state index contributed by atoms with van der Waals surface area (Å²) in [6, 6.07) is 6.73. The summed E-state index contributed by atoms with van der Waals surface area (Å²) in [5.74, 6) is 2.70. The maximum atomic E-state index is 5.33. The maximum Gasteiger partial charge on any atom is 0.0340 e. The number of benzene rings is 1. The molecule has 1 atom stereocenters. The summed E-state index contributed by atoms with van der Waals surface area (Å²) in [6.07, 6.45) is 7.10. The van der Waals surface area contributed by atoms with E-state index >= 15 is 0 Å². The summed E-state index contributed by atoms with van der Waals surface area (Å²) < 4.78 is 2.40. The van der Waals surface area contributed by atoms with Crippen LogP contribution in [0.4, 0.5) is 0 Å². The lowest BCUT2D eigenvalue weighted by molar-refractivity contribution is 0.521. The van der Waals surface area contributed by atoms with Crippen LogP contribution in [0.25, 0.3) is 0 Å². The van der Waals surface area contributed by atoms with Crippen LogP contribution >= 0.6 is 38.5 Å². The molecule has 0 saturated carbocycles. The Kier molecular flexibility index (Phi) is 6.40. The van der Waals surface area contributed by atoms with Crippen LogP contribution in [0.15, 0.2) is 22.7 Å². The van der Waals surface area contributed by atoms with Crippen LogP contribution in [0, 0.1) is 15.9 Å². The summed E-state index contributed by atoms with van der Waals surface area (Å²) in [7, 11) is 0. The molecule has 1 N–H and O–H groups in total. The molecule has 1 aromatic rings. The molecule has 1 nitrogen and oxygen atoms in total. The minimum Gasteiger partial charge on any atom is -0.310 e. The molecule has 3 heteroatoms. The number of nitrogens with one attached hydrogen (secondary N) is 1. The molecule has 0 fully saturated rings. The maximum absolute atomic E-state index is 5.33. The van der Waals surface area contributed by atoms with Gasteiger partial charge < -0.3 is 5.32 Å². The van der Waals surface area contributed by atoms with E-state index in [-0.39, 0.29) is 0 Å². The number of rotatable bonds is 5. The standard InChI is InChI=1S/C13H15BrIN/c1-3-5-6-13(16-4-2)11-9-10(15)7-8-12(11)14/h1,7-9,13,16H,4-6H2,2H3. The van der Waals surface area contributed by atoms with Crippen LogP contribution in [0.2, 0.25) is 0 Å². The van der Waals surface area contributed by atoms with E-state index in [0.717, 1.165) is 23.9 Å². The molecule has 0 spiro atoms. The van der Waals surface area contributed by atoms with Crippen LogP contribution in [0.5, 0.6) is 0 Å². The highest BCUT2D eigenvalue weighted by Crippen LogP contribution is 2.28. The second-order valence-electron chi connectivity index (χ2n) is 3.52. The molecule has 0 aromatic heterocycles. The zero-order valence-electron chi connectivity index (χ0n) is 9.26. The zero-order chi connectivity index (χ0) is 12.0. The zero-order valence-corrected chi connectivity index (χ0v) is 13.0. The van der Waals surface area contributed by atoms with Crippen molar-refractivity contribution in [1.29, 1.82) is 0 Å². The monoisotopic (exact) mass is 391 g/mol. The van der Waals surface area contributed by atoms with E-state index < -0.39 is 0 Å². The lowest BCUT2D eigenvalue weighted by Crippen LogP contribution is -2.21. The van der Waals surface area contributed by atoms with Gasteiger partial charge in [0, 0.05) is 20.5 Å². The molecule has 0 amide bonds. The van der Waals surface area contributed by atoms with Gasteiger partial charge in [-0.05, 0) is 59.3 Å². The van der Waals surface area contributed by atoms with Crippen molar-refractivity contribution in [3.05, 3.63) is 31.8 Å². The molecular weight excluding hydrogens is 377 g/mol. The Morgan fingerprint density at radius 2 is 2.31 bits per heavy atom. The van der Waals surface area contributed by atoms with E-state index in [2.05, 4.69) is 74.9 Å². The Morgan fingerprint density at radius 1 is 1.56 bits per heavy atom. The van der Waals surface area contributed by atoms with Gasteiger partial charge in [0.2, 0.25) is 0 Å². The van der Waals surface area contributed by atoms with E-state index in [4.69, 9.17) is 6.42 Å². The second-order valence-corrected chi connectivity index (χ2v) is 5.62. The smallest absolute Gasteiger partial charge is 0.0340 e. The number of terminal acetylenes is 1. The Hall–Kier alpha value is -0.0500.